The zero-order valence-electron chi connectivity index (χ0n) is 18.3. The van der Waals surface area contributed by atoms with Crippen LogP contribution in [0.5, 0.6) is 5.75 Å². The summed E-state index contributed by atoms with van der Waals surface area (Å²) in [5, 5.41) is 1.03. The van der Waals surface area contributed by atoms with Gasteiger partial charge in [0.2, 0.25) is 5.91 Å². The van der Waals surface area contributed by atoms with Crippen molar-refractivity contribution >= 4 is 23.1 Å². The Morgan fingerprint density at radius 2 is 1.78 bits per heavy atom. The standard InChI is InChI=1S/C18H14F4N2O2S.C2H7N.C2H6/c1-9(25)24(23-18(27)12-6-10(19)2-3-14(12)21)16-4-5-26-17-13(16)7-11(20)8-15(17)22;1-2-3;1-2/h2-3,6-8,16H,4-5H2,1H3,(H,23,27);2-3H2,1H3;1-2H3. The highest BCUT2D eigenvalue weighted by atomic mass is 32.1. The summed E-state index contributed by atoms with van der Waals surface area (Å²) in [6.07, 6.45) is 0.219. The van der Waals surface area contributed by atoms with E-state index in [2.05, 4.69) is 5.43 Å². The van der Waals surface area contributed by atoms with Crippen molar-refractivity contribution in [2.75, 3.05) is 13.2 Å². The first-order valence-electron chi connectivity index (χ1n) is 10.1. The monoisotopic (exact) mass is 473 g/mol. The summed E-state index contributed by atoms with van der Waals surface area (Å²) >= 11 is 5.09. The predicted molar refractivity (Wildman–Crippen MR) is 119 cm³/mol. The van der Waals surface area contributed by atoms with Gasteiger partial charge in [-0.25, -0.2) is 22.6 Å². The van der Waals surface area contributed by atoms with Crippen LogP contribution in [0.15, 0.2) is 30.3 Å². The summed E-state index contributed by atoms with van der Waals surface area (Å²) in [6, 6.07) is 3.66. The Morgan fingerprint density at radius 1 is 1.16 bits per heavy atom. The summed E-state index contributed by atoms with van der Waals surface area (Å²) in [7, 11) is 0. The molecule has 1 unspecified atom stereocenters. The highest BCUT2D eigenvalue weighted by molar-refractivity contribution is 7.80. The van der Waals surface area contributed by atoms with Crippen LogP contribution in [0.2, 0.25) is 0 Å². The number of carbonyl (C=O) groups is 1. The second kappa shape index (κ2) is 13.0. The summed E-state index contributed by atoms with van der Waals surface area (Å²) in [5.74, 6) is -3.89. The maximum Gasteiger partial charge on any atom is 0.238 e. The average molecular weight is 474 g/mol. The second-order valence-corrected chi connectivity index (χ2v) is 6.73. The Kier molecular flexibility index (Phi) is 11.1. The van der Waals surface area contributed by atoms with Gasteiger partial charge in [0.25, 0.3) is 0 Å². The molecule has 0 saturated heterocycles. The van der Waals surface area contributed by atoms with Crippen molar-refractivity contribution < 1.29 is 27.1 Å². The Hall–Kier alpha value is -2.72. The van der Waals surface area contributed by atoms with Crippen LogP contribution >= 0.6 is 12.2 Å². The topological polar surface area (TPSA) is 67.6 Å². The zero-order chi connectivity index (χ0) is 24.4. The summed E-state index contributed by atoms with van der Waals surface area (Å²) in [4.78, 5) is 11.9. The van der Waals surface area contributed by atoms with Gasteiger partial charge in [-0.05, 0) is 30.8 Å². The molecule has 1 amide bonds. The van der Waals surface area contributed by atoms with E-state index in [1.165, 1.54) is 6.92 Å². The van der Waals surface area contributed by atoms with Gasteiger partial charge in [0, 0.05) is 30.5 Å². The van der Waals surface area contributed by atoms with Gasteiger partial charge in [-0.15, -0.1) is 0 Å². The van der Waals surface area contributed by atoms with Crippen LogP contribution in [0.25, 0.3) is 0 Å². The van der Waals surface area contributed by atoms with Crippen LogP contribution in [0.3, 0.4) is 0 Å². The van der Waals surface area contributed by atoms with E-state index in [-0.39, 0.29) is 34.9 Å². The number of hydrazine groups is 1. The molecule has 3 N–H and O–H groups in total. The molecule has 5 nitrogen and oxygen atoms in total. The minimum Gasteiger partial charge on any atom is -0.490 e. The fourth-order valence-corrected chi connectivity index (χ4v) is 3.15. The van der Waals surface area contributed by atoms with Gasteiger partial charge in [0.05, 0.1) is 12.6 Å². The van der Waals surface area contributed by atoms with Crippen molar-refractivity contribution in [3.8, 4) is 5.75 Å². The van der Waals surface area contributed by atoms with E-state index in [9.17, 15) is 22.4 Å². The molecule has 3 rings (SSSR count). The number of carbonyl (C=O) groups excluding carboxylic acids is 1. The maximum absolute atomic E-state index is 14.0. The predicted octanol–water partition coefficient (Wildman–Crippen LogP) is 4.79. The molecule has 1 aliphatic rings. The highest BCUT2D eigenvalue weighted by Crippen LogP contribution is 2.38. The van der Waals surface area contributed by atoms with Crippen molar-refractivity contribution in [3.05, 3.63) is 64.7 Å². The summed E-state index contributed by atoms with van der Waals surface area (Å²) < 4.78 is 60.3. The first-order chi connectivity index (χ1) is 15.2. The molecule has 0 spiro atoms. The number of hydrogen-bond acceptors (Lipinski definition) is 4. The molecule has 1 atom stereocenters. The Balaban J connectivity index is 0.000000944. The third-order valence-electron chi connectivity index (χ3n) is 4.08. The molecular weight excluding hydrogens is 446 g/mol. The molecule has 0 fully saturated rings. The quantitative estimate of drug-likeness (QED) is 0.373. The van der Waals surface area contributed by atoms with Crippen molar-refractivity contribution in [2.45, 2.75) is 40.2 Å². The van der Waals surface area contributed by atoms with Gasteiger partial charge in [0.15, 0.2) is 11.6 Å². The molecule has 32 heavy (non-hydrogen) atoms. The van der Waals surface area contributed by atoms with E-state index in [0.717, 1.165) is 35.8 Å². The van der Waals surface area contributed by atoms with E-state index in [0.29, 0.717) is 6.07 Å². The average Bonchev–Trinajstić information content (AvgIpc) is 2.75. The Labute approximate surface area is 190 Å². The van der Waals surface area contributed by atoms with Crippen molar-refractivity contribution in [2.24, 2.45) is 5.73 Å². The minimum atomic E-state index is -0.892. The number of hydrogen-bond donors (Lipinski definition) is 2. The number of amides is 1. The lowest BCUT2D eigenvalue weighted by atomic mass is 9.99. The van der Waals surface area contributed by atoms with Gasteiger partial charge in [-0.3, -0.25) is 10.2 Å². The van der Waals surface area contributed by atoms with Crippen molar-refractivity contribution in [1.29, 1.82) is 0 Å². The summed E-state index contributed by atoms with van der Waals surface area (Å²) in [5.41, 5.74) is 7.28. The third-order valence-corrected chi connectivity index (χ3v) is 4.39. The molecule has 0 saturated carbocycles. The smallest absolute Gasteiger partial charge is 0.238 e. The van der Waals surface area contributed by atoms with Crippen molar-refractivity contribution in [3.63, 3.8) is 0 Å². The lowest BCUT2D eigenvalue weighted by molar-refractivity contribution is -0.134. The van der Waals surface area contributed by atoms with Crippen LogP contribution in [-0.4, -0.2) is 29.1 Å². The van der Waals surface area contributed by atoms with Crippen LogP contribution in [0.1, 0.15) is 51.3 Å². The number of nitrogens with two attached hydrogens (primary N) is 1. The Morgan fingerprint density at radius 3 is 2.38 bits per heavy atom. The van der Waals surface area contributed by atoms with Crippen LogP contribution in [-0.2, 0) is 4.79 Å². The van der Waals surface area contributed by atoms with Gasteiger partial charge in [-0.2, -0.15) is 0 Å². The van der Waals surface area contributed by atoms with Gasteiger partial charge >= 0.3 is 0 Å². The number of rotatable bonds is 2. The molecule has 0 radical (unpaired) electrons. The number of nitrogens with zero attached hydrogens (tertiary/aromatic N) is 1. The molecular formula is C22H27F4N3O2S. The van der Waals surface area contributed by atoms with Crippen molar-refractivity contribution in [1.82, 2.24) is 10.4 Å². The van der Waals surface area contributed by atoms with Gasteiger partial charge in [0.1, 0.15) is 22.4 Å². The molecule has 0 aromatic heterocycles. The largest absolute Gasteiger partial charge is 0.490 e. The SMILES string of the molecule is CC.CC(=O)N(NC(=S)c1cc(F)ccc1F)C1CCOc2c(F)cc(F)cc21.CCN. The fraction of sp³-hybridized carbons (Fsp3) is 0.364. The molecule has 0 aliphatic carbocycles. The number of ether oxygens (including phenoxy) is 1. The van der Waals surface area contributed by atoms with E-state index < -0.39 is 35.2 Å². The molecule has 2 aromatic carbocycles. The third kappa shape index (κ3) is 6.89. The first kappa shape index (κ1) is 27.3. The van der Waals surface area contributed by atoms with E-state index in [1.54, 1.807) is 0 Å². The number of benzene rings is 2. The Bertz CT molecular complexity index is 944. The normalized spacial score (nSPS) is 13.8. The molecule has 0 bridgehead atoms. The molecule has 1 aliphatic heterocycles. The van der Waals surface area contributed by atoms with E-state index in [4.69, 9.17) is 22.7 Å². The lowest BCUT2D eigenvalue weighted by Crippen LogP contribution is -2.48. The highest BCUT2D eigenvalue weighted by Gasteiger charge is 2.32. The van der Waals surface area contributed by atoms with Crippen LogP contribution in [0.4, 0.5) is 17.6 Å². The number of fused-ring (bicyclic) bond motifs is 1. The summed E-state index contributed by atoms with van der Waals surface area (Å²) in [6.45, 7) is 7.94. The zero-order valence-corrected chi connectivity index (χ0v) is 19.2. The van der Waals surface area contributed by atoms with E-state index in [1.807, 2.05) is 20.8 Å². The fourth-order valence-electron chi connectivity index (χ4n) is 2.89. The molecule has 2 aromatic rings. The van der Waals surface area contributed by atoms with Gasteiger partial charge in [-0.1, -0.05) is 33.0 Å². The maximum atomic E-state index is 14.0. The number of nitrogens with one attached hydrogen (secondary N) is 1. The van der Waals surface area contributed by atoms with Crippen LogP contribution in [0, 0.1) is 23.3 Å². The van der Waals surface area contributed by atoms with Crippen LogP contribution < -0.4 is 15.9 Å². The number of halogens is 4. The van der Waals surface area contributed by atoms with E-state index >= 15 is 0 Å². The first-order valence-corrected chi connectivity index (χ1v) is 10.5. The lowest BCUT2D eigenvalue weighted by Gasteiger charge is -2.35. The molecule has 176 valence electrons. The minimum absolute atomic E-state index is 0.0762. The second-order valence-electron chi connectivity index (χ2n) is 6.32. The molecule has 10 heteroatoms. The molecule has 1 heterocycles. The van der Waals surface area contributed by atoms with Gasteiger partial charge < -0.3 is 10.5 Å². The number of thiocarbonyl (C=S) groups is 1.